The van der Waals surface area contributed by atoms with E-state index >= 15 is 0 Å². The molecule has 0 unspecified atom stereocenters. The number of halogens is 1. The van der Waals surface area contributed by atoms with Gasteiger partial charge in [-0.25, -0.2) is 0 Å². The largest absolute Gasteiger partial charge is 0.348 e. The van der Waals surface area contributed by atoms with E-state index in [0.717, 1.165) is 27.3 Å². The maximum Gasteiger partial charge on any atom is 0.265 e. The number of nitrogens with zero attached hydrogens (tertiary/aromatic N) is 2. The molecule has 0 saturated carbocycles. The van der Waals surface area contributed by atoms with Gasteiger partial charge in [0.1, 0.15) is 0 Å². The minimum Gasteiger partial charge on any atom is -0.348 e. The molecule has 0 atom stereocenters. The Balaban J connectivity index is 1.34. The molecule has 0 fully saturated rings. The van der Waals surface area contributed by atoms with E-state index in [2.05, 4.69) is 10.3 Å². The Hall–Kier alpha value is -3.87. The van der Waals surface area contributed by atoms with Crippen LogP contribution in [0.3, 0.4) is 0 Å². The lowest BCUT2D eigenvalue weighted by atomic mass is 10.1. The molecule has 36 heavy (non-hydrogen) atoms. The number of para-hydroxylation sites is 1. The molecule has 0 aliphatic carbocycles. The van der Waals surface area contributed by atoms with E-state index in [1.807, 2.05) is 78.9 Å². The fourth-order valence-corrected chi connectivity index (χ4v) is 5.18. The molecule has 1 aliphatic heterocycles. The number of pyridine rings is 1. The second-order valence-corrected chi connectivity index (χ2v) is 9.79. The van der Waals surface area contributed by atoms with Gasteiger partial charge < -0.3 is 10.2 Å². The summed E-state index contributed by atoms with van der Waals surface area (Å²) in [5.74, 6) is -0.236. The Bertz CT molecular complexity index is 1440. The third-order valence-electron chi connectivity index (χ3n) is 5.71. The quantitative estimate of drug-likeness (QED) is 0.307. The van der Waals surface area contributed by atoms with Crippen LogP contribution >= 0.6 is 23.4 Å². The zero-order valence-corrected chi connectivity index (χ0v) is 20.8. The zero-order valence-electron chi connectivity index (χ0n) is 19.2. The number of fused-ring (bicyclic) bond motifs is 1. The number of benzene rings is 3. The summed E-state index contributed by atoms with van der Waals surface area (Å²) >= 11 is 7.62. The maximum atomic E-state index is 13.5. The van der Waals surface area contributed by atoms with E-state index in [4.69, 9.17) is 11.6 Å². The molecular formula is C29H22ClN3O2S. The Morgan fingerprint density at radius 3 is 2.56 bits per heavy atom. The Labute approximate surface area is 218 Å². The van der Waals surface area contributed by atoms with Crippen molar-refractivity contribution in [2.75, 3.05) is 4.90 Å². The number of carbonyl (C=O) groups excluding carboxylic acids is 2. The lowest BCUT2D eigenvalue weighted by molar-refractivity contribution is -0.114. The number of anilines is 1. The summed E-state index contributed by atoms with van der Waals surface area (Å²) in [4.78, 5) is 33.5. The van der Waals surface area contributed by atoms with E-state index in [0.29, 0.717) is 28.6 Å². The fraction of sp³-hybridized carbons (Fsp3) is 0.0690. The number of amides is 2. The molecule has 5 rings (SSSR count). The topological polar surface area (TPSA) is 62.3 Å². The summed E-state index contributed by atoms with van der Waals surface area (Å²) in [7, 11) is 0. The van der Waals surface area contributed by atoms with Crippen LogP contribution < -0.4 is 10.2 Å². The molecule has 1 aliphatic rings. The van der Waals surface area contributed by atoms with E-state index in [1.54, 1.807) is 29.4 Å². The van der Waals surface area contributed by atoms with E-state index < -0.39 is 0 Å². The summed E-state index contributed by atoms with van der Waals surface area (Å²) in [5, 5.41) is 3.54. The van der Waals surface area contributed by atoms with Gasteiger partial charge in [-0.1, -0.05) is 65.8 Å². The molecule has 3 aromatic carbocycles. The monoisotopic (exact) mass is 511 g/mol. The molecule has 5 nitrogen and oxygen atoms in total. The molecule has 4 aromatic rings. The summed E-state index contributed by atoms with van der Waals surface area (Å²) in [6.07, 6.45) is 5.29. The summed E-state index contributed by atoms with van der Waals surface area (Å²) in [6, 6.07) is 26.4. The maximum absolute atomic E-state index is 13.5. The Morgan fingerprint density at radius 1 is 0.972 bits per heavy atom. The molecule has 0 bridgehead atoms. The van der Waals surface area contributed by atoms with Gasteiger partial charge in [0, 0.05) is 34.4 Å². The average Bonchev–Trinajstić information content (AvgIpc) is 2.91. The van der Waals surface area contributed by atoms with Crippen molar-refractivity contribution in [2.24, 2.45) is 0 Å². The van der Waals surface area contributed by atoms with E-state index in [1.165, 1.54) is 11.8 Å². The highest BCUT2D eigenvalue weighted by atomic mass is 35.5. The molecule has 0 spiro atoms. The molecule has 0 radical (unpaired) electrons. The second-order valence-electron chi connectivity index (χ2n) is 8.27. The summed E-state index contributed by atoms with van der Waals surface area (Å²) in [6.45, 7) is 0.829. The van der Waals surface area contributed by atoms with Crippen molar-refractivity contribution < 1.29 is 9.59 Å². The number of hydrogen-bond donors (Lipinski definition) is 1. The van der Waals surface area contributed by atoms with Crippen LogP contribution in [0.2, 0.25) is 5.02 Å². The zero-order chi connectivity index (χ0) is 24.9. The van der Waals surface area contributed by atoms with Gasteiger partial charge in [-0.05, 0) is 65.2 Å². The molecule has 178 valence electrons. The number of hydrogen-bond acceptors (Lipinski definition) is 4. The Kier molecular flexibility index (Phi) is 7.16. The summed E-state index contributed by atoms with van der Waals surface area (Å²) in [5.41, 5.74) is 4.17. The first-order chi connectivity index (χ1) is 17.6. The first-order valence-corrected chi connectivity index (χ1v) is 12.6. The minimum atomic E-state index is -0.164. The SMILES string of the molecule is O=C(NCc1cccnc1)c1ccc(C=C2Sc3ccccc3N(Cc3cccc(Cl)c3)C2=O)cc1. The molecule has 1 aromatic heterocycles. The third kappa shape index (κ3) is 5.51. The standard InChI is InChI=1S/C29H22ClN3O2S/c30-24-7-3-5-21(15-24)19-33-25-8-1-2-9-26(25)36-27(29(33)35)16-20-10-12-23(13-11-20)28(34)32-18-22-6-4-14-31-17-22/h1-17H,18-19H2,(H,32,34). The van der Waals surface area contributed by atoms with Crippen molar-refractivity contribution in [3.05, 3.63) is 130 Å². The predicted molar refractivity (Wildman–Crippen MR) is 145 cm³/mol. The average molecular weight is 512 g/mol. The predicted octanol–water partition coefficient (Wildman–Crippen LogP) is 6.35. The van der Waals surface area contributed by atoms with E-state index in [-0.39, 0.29) is 11.8 Å². The van der Waals surface area contributed by atoms with Gasteiger partial charge in [0.2, 0.25) is 0 Å². The van der Waals surface area contributed by atoms with Crippen molar-refractivity contribution in [3.8, 4) is 0 Å². The highest BCUT2D eigenvalue weighted by molar-refractivity contribution is 8.04. The molecule has 7 heteroatoms. The van der Waals surface area contributed by atoms with Crippen molar-refractivity contribution in [1.82, 2.24) is 10.3 Å². The van der Waals surface area contributed by atoms with Gasteiger partial charge >= 0.3 is 0 Å². The van der Waals surface area contributed by atoms with Gasteiger partial charge in [-0.15, -0.1) is 0 Å². The van der Waals surface area contributed by atoms with Crippen molar-refractivity contribution in [2.45, 2.75) is 18.0 Å². The smallest absolute Gasteiger partial charge is 0.265 e. The van der Waals surface area contributed by atoms with Crippen LogP contribution in [-0.2, 0) is 17.9 Å². The third-order valence-corrected chi connectivity index (χ3v) is 7.02. The normalized spacial score (nSPS) is 14.0. The highest BCUT2D eigenvalue weighted by Gasteiger charge is 2.29. The first-order valence-electron chi connectivity index (χ1n) is 11.4. The van der Waals surface area contributed by atoms with Gasteiger partial charge in [-0.2, -0.15) is 0 Å². The fourth-order valence-electron chi connectivity index (χ4n) is 3.91. The van der Waals surface area contributed by atoms with Crippen LogP contribution in [0.5, 0.6) is 0 Å². The van der Waals surface area contributed by atoms with Gasteiger partial charge in [-0.3, -0.25) is 14.6 Å². The number of thioether (sulfide) groups is 1. The molecule has 0 saturated heterocycles. The lowest BCUT2D eigenvalue weighted by Crippen LogP contribution is -2.33. The second kappa shape index (κ2) is 10.8. The van der Waals surface area contributed by atoms with Crippen LogP contribution in [0, 0.1) is 0 Å². The van der Waals surface area contributed by atoms with Crippen LogP contribution in [0.4, 0.5) is 5.69 Å². The van der Waals surface area contributed by atoms with Crippen molar-refractivity contribution in [1.29, 1.82) is 0 Å². The molecular weight excluding hydrogens is 490 g/mol. The van der Waals surface area contributed by atoms with Gasteiger partial charge in [0.15, 0.2) is 0 Å². The Morgan fingerprint density at radius 2 is 1.78 bits per heavy atom. The van der Waals surface area contributed by atoms with Crippen LogP contribution in [0.15, 0.2) is 107 Å². The van der Waals surface area contributed by atoms with Crippen LogP contribution in [0.1, 0.15) is 27.0 Å². The summed E-state index contributed by atoms with van der Waals surface area (Å²) < 4.78 is 0. The minimum absolute atomic E-state index is 0.0723. The van der Waals surface area contributed by atoms with Gasteiger partial charge in [0.25, 0.3) is 11.8 Å². The van der Waals surface area contributed by atoms with Crippen molar-refractivity contribution >= 4 is 46.9 Å². The molecule has 2 heterocycles. The molecule has 1 N–H and O–H groups in total. The van der Waals surface area contributed by atoms with Crippen LogP contribution in [-0.4, -0.2) is 16.8 Å². The number of carbonyl (C=O) groups is 2. The first kappa shape index (κ1) is 23.9. The lowest BCUT2D eigenvalue weighted by Gasteiger charge is -2.30. The highest BCUT2D eigenvalue weighted by Crippen LogP contribution is 2.42. The van der Waals surface area contributed by atoms with Gasteiger partial charge in [0.05, 0.1) is 17.1 Å². The molecule has 2 amide bonds. The van der Waals surface area contributed by atoms with E-state index in [9.17, 15) is 9.59 Å². The number of rotatable bonds is 6. The van der Waals surface area contributed by atoms with Crippen molar-refractivity contribution in [3.63, 3.8) is 0 Å². The van der Waals surface area contributed by atoms with Crippen LogP contribution in [0.25, 0.3) is 6.08 Å². The number of aromatic nitrogens is 1. The number of nitrogens with one attached hydrogen (secondary N) is 1.